The summed E-state index contributed by atoms with van der Waals surface area (Å²) in [6, 6.07) is 0. The van der Waals surface area contributed by atoms with Gasteiger partial charge in [0.1, 0.15) is 0 Å². The van der Waals surface area contributed by atoms with Crippen LogP contribution in [0.5, 0.6) is 0 Å². The first kappa shape index (κ1) is 13.3. The summed E-state index contributed by atoms with van der Waals surface area (Å²) in [7, 11) is 0. The number of rotatable bonds is 1. The molecule has 0 aliphatic carbocycles. The van der Waals surface area contributed by atoms with Gasteiger partial charge >= 0.3 is 0 Å². The molecule has 0 amide bonds. The fraction of sp³-hybridized carbons (Fsp3) is 1.00. The zero-order valence-electron chi connectivity index (χ0n) is 9.63. The van der Waals surface area contributed by atoms with E-state index in [0.29, 0.717) is 5.37 Å². The lowest BCUT2D eigenvalue weighted by Crippen LogP contribution is -2.43. The van der Waals surface area contributed by atoms with Gasteiger partial charge < -0.3 is 16.0 Å². The van der Waals surface area contributed by atoms with Gasteiger partial charge in [0.15, 0.2) is 0 Å². The smallest absolute Gasteiger partial charge is 0.0500 e. The summed E-state index contributed by atoms with van der Waals surface area (Å²) in [4.78, 5) is 2.39. The average Bonchev–Trinajstić information content (AvgIpc) is 2.18. The average molecular weight is 232 g/mol. The van der Waals surface area contributed by atoms with Crippen LogP contribution in [-0.4, -0.2) is 62.6 Å². The van der Waals surface area contributed by atoms with Crippen LogP contribution in [0.15, 0.2) is 0 Å². The van der Waals surface area contributed by atoms with E-state index in [2.05, 4.69) is 40.4 Å². The van der Waals surface area contributed by atoms with Crippen LogP contribution in [0.2, 0.25) is 0 Å². The van der Waals surface area contributed by atoms with Gasteiger partial charge in [0.2, 0.25) is 0 Å². The van der Waals surface area contributed by atoms with E-state index < -0.39 is 0 Å². The summed E-state index contributed by atoms with van der Waals surface area (Å²) in [5, 5.41) is 10.6. The highest BCUT2D eigenvalue weighted by Gasteiger charge is 2.08. The third-order valence-electron chi connectivity index (χ3n) is 2.64. The molecule has 0 aromatic heterocycles. The van der Waals surface area contributed by atoms with Gasteiger partial charge in [-0.2, -0.15) is 12.6 Å². The van der Waals surface area contributed by atoms with Gasteiger partial charge in [-0.15, -0.1) is 0 Å². The monoisotopic (exact) mass is 232 g/mol. The van der Waals surface area contributed by atoms with Crippen LogP contribution < -0.4 is 16.0 Å². The Morgan fingerprint density at radius 2 is 1.27 bits per heavy atom. The SMILES string of the molecule is CC(S)N1CCNCCNCCNCC1. The molecule has 0 radical (unpaired) electrons. The molecule has 0 aromatic rings. The minimum atomic E-state index is 0.342. The van der Waals surface area contributed by atoms with Crippen molar-refractivity contribution in [1.82, 2.24) is 20.9 Å². The molecule has 1 rings (SSSR count). The van der Waals surface area contributed by atoms with E-state index in [9.17, 15) is 0 Å². The van der Waals surface area contributed by atoms with Crippen LogP contribution in [0.25, 0.3) is 0 Å². The lowest BCUT2D eigenvalue weighted by atomic mass is 10.4. The topological polar surface area (TPSA) is 39.3 Å². The molecule has 3 N–H and O–H groups in total. The van der Waals surface area contributed by atoms with Crippen molar-refractivity contribution in [3.8, 4) is 0 Å². The Morgan fingerprint density at radius 1 is 0.867 bits per heavy atom. The summed E-state index contributed by atoms with van der Waals surface area (Å²) < 4.78 is 0. The molecule has 1 atom stereocenters. The molecule has 1 aliphatic heterocycles. The largest absolute Gasteiger partial charge is 0.314 e. The molecule has 5 heteroatoms. The molecule has 90 valence electrons. The van der Waals surface area contributed by atoms with Crippen molar-refractivity contribution in [2.75, 3.05) is 52.4 Å². The van der Waals surface area contributed by atoms with E-state index in [1.165, 1.54) is 0 Å². The highest BCUT2D eigenvalue weighted by molar-refractivity contribution is 7.80. The van der Waals surface area contributed by atoms with E-state index in [-0.39, 0.29) is 0 Å². The zero-order valence-corrected chi connectivity index (χ0v) is 10.5. The van der Waals surface area contributed by atoms with E-state index in [0.717, 1.165) is 52.4 Å². The molecule has 1 saturated heterocycles. The van der Waals surface area contributed by atoms with E-state index in [4.69, 9.17) is 0 Å². The fourth-order valence-electron chi connectivity index (χ4n) is 1.66. The molecule has 1 fully saturated rings. The Labute approximate surface area is 98.6 Å². The van der Waals surface area contributed by atoms with E-state index in [1.54, 1.807) is 0 Å². The van der Waals surface area contributed by atoms with Crippen LogP contribution >= 0.6 is 12.6 Å². The molecule has 0 saturated carbocycles. The molecule has 0 spiro atoms. The maximum Gasteiger partial charge on any atom is 0.0500 e. The second-order valence-electron chi connectivity index (χ2n) is 3.92. The van der Waals surface area contributed by atoms with Gasteiger partial charge in [-0.05, 0) is 6.92 Å². The van der Waals surface area contributed by atoms with Crippen molar-refractivity contribution in [3.05, 3.63) is 0 Å². The first-order valence-electron chi connectivity index (χ1n) is 5.85. The molecule has 0 aromatic carbocycles. The van der Waals surface area contributed by atoms with Crippen molar-refractivity contribution in [2.45, 2.75) is 12.3 Å². The Morgan fingerprint density at radius 3 is 1.67 bits per heavy atom. The second-order valence-corrected chi connectivity index (χ2v) is 4.67. The van der Waals surface area contributed by atoms with Crippen LogP contribution in [-0.2, 0) is 0 Å². The number of nitrogens with one attached hydrogen (secondary N) is 3. The van der Waals surface area contributed by atoms with Crippen LogP contribution in [0, 0.1) is 0 Å². The number of nitrogens with zero attached hydrogens (tertiary/aromatic N) is 1. The lowest BCUT2D eigenvalue weighted by molar-refractivity contribution is 0.266. The Kier molecular flexibility index (Phi) is 7.38. The summed E-state index contributed by atoms with van der Waals surface area (Å²) in [5.74, 6) is 0. The standard InChI is InChI=1S/C10H24N4S/c1-10(15)14-8-6-12-4-2-11-3-5-13-7-9-14/h10-13,15H,2-9H2,1H3. The van der Waals surface area contributed by atoms with E-state index >= 15 is 0 Å². The summed E-state index contributed by atoms with van der Waals surface area (Å²) in [6.07, 6.45) is 0. The quantitative estimate of drug-likeness (QED) is 0.453. The zero-order chi connectivity index (χ0) is 10.9. The Hall–Kier alpha value is 0.190. The number of thiol groups is 1. The lowest BCUT2D eigenvalue weighted by Gasteiger charge is -2.26. The minimum Gasteiger partial charge on any atom is -0.314 e. The number of hydrogen-bond donors (Lipinski definition) is 4. The molecule has 15 heavy (non-hydrogen) atoms. The van der Waals surface area contributed by atoms with Gasteiger partial charge in [-0.1, -0.05) is 0 Å². The van der Waals surface area contributed by atoms with Crippen molar-refractivity contribution in [2.24, 2.45) is 0 Å². The maximum atomic E-state index is 4.49. The van der Waals surface area contributed by atoms with Gasteiger partial charge in [0, 0.05) is 57.7 Å². The van der Waals surface area contributed by atoms with Crippen molar-refractivity contribution in [1.29, 1.82) is 0 Å². The first-order valence-corrected chi connectivity index (χ1v) is 6.36. The third kappa shape index (κ3) is 6.37. The summed E-state index contributed by atoms with van der Waals surface area (Å²) in [6.45, 7) is 10.6. The van der Waals surface area contributed by atoms with Gasteiger partial charge in [-0.25, -0.2) is 0 Å². The summed E-state index contributed by atoms with van der Waals surface area (Å²) >= 11 is 4.49. The minimum absolute atomic E-state index is 0.342. The predicted octanol–water partition coefficient (Wildman–Crippen LogP) is -0.653. The summed E-state index contributed by atoms with van der Waals surface area (Å²) in [5.41, 5.74) is 0. The molecular formula is C10H24N4S. The molecule has 0 bridgehead atoms. The second kappa shape index (κ2) is 8.35. The molecule has 1 aliphatic rings. The van der Waals surface area contributed by atoms with Gasteiger partial charge in [0.25, 0.3) is 0 Å². The molecular weight excluding hydrogens is 208 g/mol. The van der Waals surface area contributed by atoms with Crippen molar-refractivity contribution in [3.63, 3.8) is 0 Å². The van der Waals surface area contributed by atoms with Crippen LogP contribution in [0.1, 0.15) is 6.92 Å². The predicted molar refractivity (Wildman–Crippen MR) is 68.6 cm³/mol. The molecule has 1 unspecified atom stereocenters. The van der Waals surface area contributed by atoms with Gasteiger partial charge in [-0.3, -0.25) is 4.90 Å². The van der Waals surface area contributed by atoms with Crippen molar-refractivity contribution >= 4 is 12.6 Å². The van der Waals surface area contributed by atoms with Gasteiger partial charge in [0.05, 0.1) is 0 Å². The molecule has 4 nitrogen and oxygen atoms in total. The Balaban J connectivity index is 2.25. The first-order chi connectivity index (χ1) is 7.30. The third-order valence-corrected chi connectivity index (χ3v) is 2.96. The van der Waals surface area contributed by atoms with Crippen molar-refractivity contribution < 1.29 is 0 Å². The van der Waals surface area contributed by atoms with Crippen LogP contribution in [0.3, 0.4) is 0 Å². The highest BCUT2D eigenvalue weighted by atomic mass is 32.1. The Bertz CT molecular complexity index is 142. The highest BCUT2D eigenvalue weighted by Crippen LogP contribution is 2.00. The fourth-order valence-corrected chi connectivity index (χ4v) is 1.89. The molecule has 1 heterocycles. The normalized spacial score (nSPS) is 25.2. The van der Waals surface area contributed by atoms with Crippen LogP contribution in [0.4, 0.5) is 0 Å². The van der Waals surface area contributed by atoms with E-state index in [1.807, 2.05) is 0 Å². The maximum absolute atomic E-state index is 4.49. The number of hydrogen-bond acceptors (Lipinski definition) is 5.